The van der Waals surface area contributed by atoms with E-state index in [4.69, 9.17) is 12.2 Å². The summed E-state index contributed by atoms with van der Waals surface area (Å²) < 4.78 is 26.1. The van der Waals surface area contributed by atoms with Crippen LogP contribution >= 0.6 is 12.2 Å². The Hall–Kier alpha value is -1.51. The van der Waals surface area contributed by atoms with Crippen molar-refractivity contribution >= 4 is 22.1 Å². The van der Waals surface area contributed by atoms with Gasteiger partial charge in [-0.05, 0) is 31.5 Å². The summed E-state index contributed by atoms with van der Waals surface area (Å²) in [5, 5.41) is 3.28. The number of hydrogen-bond acceptors (Lipinski definition) is 5. The van der Waals surface area contributed by atoms with Gasteiger partial charge in [0.2, 0.25) is 4.77 Å². The highest BCUT2D eigenvalue weighted by Crippen LogP contribution is 2.21. The zero-order valence-corrected chi connectivity index (χ0v) is 17.1. The van der Waals surface area contributed by atoms with Crippen molar-refractivity contribution in [2.75, 3.05) is 18.1 Å². The SMILES string of the molecule is Cc1ccc(-c2nc(=S)n(CN(CC(C)C)[C@H]3CCS(=O)(=O)C3)[nH]2)cc1. The number of sulfone groups is 1. The van der Waals surface area contributed by atoms with Gasteiger partial charge in [0.15, 0.2) is 15.7 Å². The summed E-state index contributed by atoms with van der Waals surface area (Å²) in [5.74, 6) is 1.67. The van der Waals surface area contributed by atoms with E-state index in [-0.39, 0.29) is 17.5 Å². The van der Waals surface area contributed by atoms with Crippen LogP contribution in [0.2, 0.25) is 0 Å². The van der Waals surface area contributed by atoms with E-state index in [1.165, 1.54) is 5.56 Å². The molecule has 142 valence electrons. The first-order valence-corrected chi connectivity index (χ1v) is 11.1. The highest BCUT2D eigenvalue weighted by Gasteiger charge is 2.32. The molecule has 0 amide bonds. The normalized spacial score (nSPS) is 19.5. The summed E-state index contributed by atoms with van der Waals surface area (Å²) in [6.45, 7) is 7.67. The van der Waals surface area contributed by atoms with Crippen LogP contribution in [0.1, 0.15) is 25.8 Å². The minimum Gasteiger partial charge on any atom is -0.280 e. The minimum absolute atomic E-state index is 0.0374. The summed E-state index contributed by atoms with van der Waals surface area (Å²) in [6.07, 6.45) is 0.682. The second-order valence-corrected chi connectivity index (χ2v) is 10.1. The Labute approximate surface area is 160 Å². The number of nitrogens with one attached hydrogen (secondary N) is 1. The summed E-state index contributed by atoms with van der Waals surface area (Å²) >= 11 is 5.43. The predicted molar refractivity (Wildman–Crippen MR) is 106 cm³/mol. The van der Waals surface area contributed by atoms with E-state index in [0.717, 1.165) is 17.9 Å². The Kier molecular flexibility index (Phi) is 5.64. The van der Waals surface area contributed by atoms with Gasteiger partial charge in [0.1, 0.15) is 0 Å². The summed E-state index contributed by atoms with van der Waals surface area (Å²) in [6, 6.07) is 8.15. The molecule has 0 bridgehead atoms. The van der Waals surface area contributed by atoms with Gasteiger partial charge in [0, 0.05) is 18.2 Å². The largest absolute Gasteiger partial charge is 0.280 e. The van der Waals surface area contributed by atoms with E-state index in [9.17, 15) is 8.42 Å². The molecule has 1 aliphatic rings. The maximum atomic E-state index is 11.9. The molecule has 2 aromatic rings. The molecule has 0 unspecified atom stereocenters. The Balaban J connectivity index is 1.82. The average molecular weight is 395 g/mol. The number of benzene rings is 1. The van der Waals surface area contributed by atoms with E-state index in [1.807, 2.05) is 35.9 Å². The summed E-state index contributed by atoms with van der Waals surface area (Å²) in [5.41, 5.74) is 2.18. The number of hydrogen-bond donors (Lipinski definition) is 1. The first kappa shape index (κ1) is 19.3. The quantitative estimate of drug-likeness (QED) is 0.763. The van der Waals surface area contributed by atoms with Gasteiger partial charge in [0.05, 0.1) is 18.2 Å². The van der Waals surface area contributed by atoms with Crippen LogP contribution in [0.3, 0.4) is 0 Å². The van der Waals surface area contributed by atoms with Crippen molar-refractivity contribution < 1.29 is 8.42 Å². The Bertz CT molecular complexity index is 913. The van der Waals surface area contributed by atoms with E-state index in [2.05, 4.69) is 28.8 Å². The van der Waals surface area contributed by atoms with Gasteiger partial charge < -0.3 is 0 Å². The number of aromatic amines is 1. The van der Waals surface area contributed by atoms with Gasteiger partial charge in [-0.15, -0.1) is 0 Å². The van der Waals surface area contributed by atoms with Crippen LogP contribution in [0.4, 0.5) is 0 Å². The van der Waals surface area contributed by atoms with Crippen LogP contribution < -0.4 is 0 Å². The molecule has 3 rings (SSSR count). The number of rotatable bonds is 6. The van der Waals surface area contributed by atoms with Gasteiger partial charge in [-0.1, -0.05) is 43.7 Å². The minimum atomic E-state index is -2.92. The lowest BCUT2D eigenvalue weighted by Gasteiger charge is -2.29. The molecule has 0 aliphatic carbocycles. The lowest BCUT2D eigenvalue weighted by Crippen LogP contribution is -2.40. The first-order valence-electron chi connectivity index (χ1n) is 8.92. The summed E-state index contributed by atoms with van der Waals surface area (Å²) in [7, 11) is -2.92. The van der Waals surface area contributed by atoms with Gasteiger partial charge in [0.25, 0.3) is 0 Å². The number of H-pyrrole nitrogens is 1. The fourth-order valence-electron chi connectivity index (χ4n) is 3.33. The molecular formula is C18H26N4O2S2. The van der Waals surface area contributed by atoms with Crippen molar-refractivity contribution in [3.05, 3.63) is 34.6 Å². The molecule has 1 aromatic carbocycles. The molecule has 26 heavy (non-hydrogen) atoms. The van der Waals surface area contributed by atoms with E-state index in [1.54, 1.807) is 0 Å². The van der Waals surface area contributed by atoms with Crippen molar-refractivity contribution in [1.29, 1.82) is 0 Å². The van der Waals surface area contributed by atoms with Gasteiger partial charge >= 0.3 is 0 Å². The second kappa shape index (κ2) is 7.62. The van der Waals surface area contributed by atoms with Crippen LogP contribution in [0.5, 0.6) is 0 Å². The third-order valence-electron chi connectivity index (χ3n) is 4.65. The van der Waals surface area contributed by atoms with Crippen molar-refractivity contribution in [1.82, 2.24) is 19.7 Å². The molecule has 6 nitrogen and oxygen atoms in total. The zero-order valence-electron chi connectivity index (χ0n) is 15.5. The van der Waals surface area contributed by atoms with E-state index in [0.29, 0.717) is 23.8 Å². The molecule has 8 heteroatoms. The first-order chi connectivity index (χ1) is 12.2. The maximum absolute atomic E-state index is 11.9. The fraction of sp³-hybridized carbons (Fsp3) is 0.556. The van der Waals surface area contributed by atoms with Crippen LogP contribution in [0, 0.1) is 17.6 Å². The van der Waals surface area contributed by atoms with Crippen molar-refractivity contribution in [3.8, 4) is 11.4 Å². The molecule has 1 fully saturated rings. The maximum Gasteiger partial charge on any atom is 0.217 e. The third kappa shape index (κ3) is 4.61. The van der Waals surface area contributed by atoms with Crippen molar-refractivity contribution in [2.45, 2.75) is 39.9 Å². The molecule has 0 saturated carbocycles. The Morgan fingerprint density at radius 2 is 2.04 bits per heavy atom. The smallest absolute Gasteiger partial charge is 0.217 e. The molecule has 1 aliphatic heterocycles. The topological polar surface area (TPSA) is 71.0 Å². The molecule has 1 atom stereocenters. The van der Waals surface area contributed by atoms with Gasteiger partial charge in [-0.3, -0.25) is 10.00 Å². The zero-order chi connectivity index (χ0) is 18.9. The number of aryl methyl sites for hydroxylation is 1. The monoisotopic (exact) mass is 394 g/mol. The third-order valence-corrected chi connectivity index (χ3v) is 6.71. The molecule has 1 N–H and O–H groups in total. The molecule has 0 spiro atoms. The molecule has 1 aromatic heterocycles. The Morgan fingerprint density at radius 1 is 1.35 bits per heavy atom. The average Bonchev–Trinajstić information content (AvgIpc) is 3.10. The molecule has 2 heterocycles. The highest BCUT2D eigenvalue weighted by atomic mass is 32.2. The van der Waals surface area contributed by atoms with E-state index >= 15 is 0 Å². The van der Waals surface area contributed by atoms with Gasteiger partial charge in [-0.25, -0.2) is 13.1 Å². The van der Waals surface area contributed by atoms with Crippen LogP contribution in [0.25, 0.3) is 11.4 Å². The number of aromatic nitrogens is 3. The Morgan fingerprint density at radius 3 is 2.62 bits per heavy atom. The molecule has 0 radical (unpaired) electrons. The van der Waals surface area contributed by atoms with Crippen molar-refractivity contribution in [3.63, 3.8) is 0 Å². The van der Waals surface area contributed by atoms with E-state index < -0.39 is 9.84 Å². The fourth-order valence-corrected chi connectivity index (χ4v) is 5.29. The van der Waals surface area contributed by atoms with Crippen molar-refractivity contribution in [2.24, 2.45) is 5.92 Å². The second-order valence-electron chi connectivity index (χ2n) is 7.51. The molecular weight excluding hydrogens is 368 g/mol. The summed E-state index contributed by atoms with van der Waals surface area (Å²) in [4.78, 5) is 6.69. The van der Waals surface area contributed by atoms with Crippen LogP contribution in [-0.2, 0) is 16.5 Å². The van der Waals surface area contributed by atoms with Crippen LogP contribution in [-0.4, -0.2) is 52.2 Å². The lowest BCUT2D eigenvalue weighted by atomic mass is 10.1. The number of nitrogens with zero attached hydrogens (tertiary/aromatic N) is 3. The standard InChI is InChI=1S/C18H26N4O2S2/c1-13(2)10-21(16-8-9-26(23,24)11-16)12-22-18(25)19-17(20-22)15-6-4-14(3)5-7-15/h4-7,13,16H,8-12H2,1-3H3,(H,19,20,25)/t16-/m0/s1. The predicted octanol–water partition coefficient (Wildman–Crippen LogP) is 3.02. The van der Waals surface area contributed by atoms with Crippen LogP contribution in [0.15, 0.2) is 24.3 Å². The molecule has 1 saturated heterocycles. The highest BCUT2D eigenvalue weighted by molar-refractivity contribution is 7.91. The van der Waals surface area contributed by atoms with Gasteiger partial charge in [-0.2, -0.15) is 4.98 Å². The lowest BCUT2D eigenvalue weighted by molar-refractivity contribution is 0.137.